The van der Waals surface area contributed by atoms with E-state index in [1.807, 2.05) is 0 Å². The molecule has 1 aliphatic rings. The number of benzene rings is 1. The van der Waals surface area contributed by atoms with Crippen LogP contribution in [0.15, 0.2) is 24.3 Å². The molecule has 0 saturated carbocycles. The van der Waals surface area contributed by atoms with Crippen LogP contribution in [-0.2, 0) is 4.79 Å². The van der Waals surface area contributed by atoms with Gasteiger partial charge < -0.3 is 15.5 Å². The van der Waals surface area contributed by atoms with Crippen LogP contribution in [0.25, 0.3) is 0 Å². The van der Waals surface area contributed by atoms with Crippen molar-refractivity contribution in [3.05, 3.63) is 30.1 Å². The molecule has 1 atom stereocenters. The molecule has 0 aliphatic carbocycles. The van der Waals surface area contributed by atoms with E-state index >= 15 is 0 Å². The molecule has 2 N–H and O–H groups in total. The fourth-order valence-electron chi connectivity index (χ4n) is 2.41. The highest BCUT2D eigenvalue weighted by atomic mass is 19.1. The first-order valence-corrected chi connectivity index (χ1v) is 7.56. The molecule has 1 aromatic rings. The smallest absolute Gasteiger partial charge is 0.315 e. The molecule has 1 aromatic carbocycles. The molecular formula is C16H22FN3O2. The number of urea groups is 1. The molecule has 0 unspecified atom stereocenters. The third-order valence-electron chi connectivity index (χ3n) is 3.59. The molecule has 5 nitrogen and oxygen atoms in total. The normalized spacial score (nSPS) is 17.9. The summed E-state index contributed by atoms with van der Waals surface area (Å²) in [5, 5.41) is 5.57. The lowest BCUT2D eigenvalue weighted by Crippen LogP contribution is -2.43. The summed E-state index contributed by atoms with van der Waals surface area (Å²) in [5.74, 6) is 0.0306. The van der Waals surface area contributed by atoms with Gasteiger partial charge in [0, 0.05) is 25.2 Å². The first-order chi connectivity index (χ1) is 10.5. The Morgan fingerprint density at radius 1 is 1.45 bits per heavy atom. The van der Waals surface area contributed by atoms with Gasteiger partial charge in [0.15, 0.2) is 0 Å². The van der Waals surface area contributed by atoms with Crippen LogP contribution in [0.3, 0.4) is 0 Å². The number of carbonyl (C=O) groups excluding carboxylic acids is 2. The highest BCUT2D eigenvalue weighted by molar-refractivity contribution is 5.96. The van der Waals surface area contributed by atoms with E-state index in [1.54, 1.807) is 12.1 Å². The maximum absolute atomic E-state index is 13.2. The van der Waals surface area contributed by atoms with Gasteiger partial charge >= 0.3 is 6.03 Å². The van der Waals surface area contributed by atoms with E-state index in [4.69, 9.17) is 0 Å². The van der Waals surface area contributed by atoms with Crippen molar-refractivity contribution in [1.29, 1.82) is 0 Å². The van der Waals surface area contributed by atoms with Gasteiger partial charge in [0.05, 0.1) is 6.04 Å². The van der Waals surface area contributed by atoms with Gasteiger partial charge in [-0.1, -0.05) is 19.9 Å². The minimum Gasteiger partial charge on any atom is -0.338 e. The summed E-state index contributed by atoms with van der Waals surface area (Å²) in [7, 11) is 0. The summed E-state index contributed by atoms with van der Waals surface area (Å²) in [6, 6.07) is 5.39. The Labute approximate surface area is 129 Å². The van der Waals surface area contributed by atoms with Crippen molar-refractivity contribution < 1.29 is 14.0 Å². The minimum absolute atomic E-state index is 0.113. The van der Waals surface area contributed by atoms with Gasteiger partial charge in [0.25, 0.3) is 0 Å². The highest BCUT2D eigenvalue weighted by Gasteiger charge is 2.31. The van der Waals surface area contributed by atoms with Crippen LogP contribution in [0.5, 0.6) is 0 Å². The molecule has 22 heavy (non-hydrogen) atoms. The molecule has 1 heterocycles. The Hall–Kier alpha value is -2.11. The molecular weight excluding hydrogens is 285 g/mol. The van der Waals surface area contributed by atoms with Crippen molar-refractivity contribution in [2.45, 2.75) is 32.7 Å². The van der Waals surface area contributed by atoms with Crippen LogP contribution >= 0.6 is 0 Å². The lowest BCUT2D eigenvalue weighted by atomic mass is 10.1. The van der Waals surface area contributed by atoms with Gasteiger partial charge in [-0.2, -0.15) is 0 Å². The van der Waals surface area contributed by atoms with Crippen molar-refractivity contribution in [1.82, 2.24) is 10.6 Å². The molecule has 2 rings (SSSR count). The fourth-order valence-corrected chi connectivity index (χ4v) is 2.41. The van der Waals surface area contributed by atoms with Crippen LogP contribution in [-0.4, -0.2) is 31.1 Å². The molecule has 1 aliphatic heterocycles. The SMILES string of the molecule is CC(C)CCNC(=O)N[C@H]1CC(=O)N(c2cccc(F)c2)C1. The van der Waals surface area contributed by atoms with E-state index in [1.165, 1.54) is 17.0 Å². The van der Waals surface area contributed by atoms with Gasteiger partial charge in [-0.3, -0.25) is 4.79 Å². The largest absolute Gasteiger partial charge is 0.338 e. The Bertz CT molecular complexity index is 548. The van der Waals surface area contributed by atoms with Crippen LogP contribution in [0, 0.1) is 11.7 Å². The van der Waals surface area contributed by atoms with Gasteiger partial charge in [0.2, 0.25) is 5.91 Å². The summed E-state index contributed by atoms with van der Waals surface area (Å²) in [4.78, 5) is 25.3. The number of hydrogen-bond donors (Lipinski definition) is 2. The van der Waals surface area contributed by atoms with Crippen molar-refractivity contribution >= 4 is 17.6 Å². The average molecular weight is 307 g/mol. The minimum atomic E-state index is -0.381. The Morgan fingerprint density at radius 3 is 2.91 bits per heavy atom. The van der Waals surface area contributed by atoms with Crippen molar-refractivity contribution in [2.75, 3.05) is 18.0 Å². The molecule has 120 valence electrons. The molecule has 0 spiro atoms. The van der Waals surface area contributed by atoms with Gasteiger partial charge in [-0.25, -0.2) is 9.18 Å². The number of amides is 3. The van der Waals surface area contributed by atoms with E-state index in [9.17, 15) is 14.0 Å². The van der Waals surface area contributed by atoms with Crippen molar-refractivity contribution in [2.24, 2.45) is 5.92 Å². The van der Waals surface area contributed by atoms with Gasteiger partial charge in [-0.15, -0.1) is 0 Å². The fraction of sp³-hybridized carbons (Fsp3) is 0.500. The third kappa shape index (κ3) is 4.44. The monoisotopic (exact) mass is 307 g/mol. The lowest BCUT2D eigenvalue weighted by molar-refractivity contribution is -0.117. The van der Waals surface area contributed by atoms with Gasteiger partial charge in [0.1, 0.15) is 5.82 Å². The molecule has 1 fully saturated rings. The van der Waals surface area contributed by atoms with Crippen molar-refractivity contribution in [3.63, 3.8) is 0 Å². The first kappa shape index (κ1) is 16.3. The molecule has 3 amide bonds. The average Bonchev–Trinajstić information content (AvgIpc) is 2.79. The van der Waals surface area contributed by atoms with Crippen LogP contribution in [0.1, 0.15) is 26.7 Å². The number of anilines is 1. The van der Waals surface area contributed by atoms with E-state index in [0.717, 1.165) is 6.42 Å². The predicted octanol–water partition coefficient (Wildman–Crippen LogP) is 2.28. The number of hydrogen-bond acceptors (Lipinski definition) is 2. The number of carbonyl (C=O) groups is 2. The van der Waals surface area contributed by atoms with Crippen LogP contribution in [0.4, 0.5) is 14.9 Å². The summed E-state index contributed by atoms with van der Waals surface area (Å²) in [6.07, 6.45) is 1.14. The summed E-state index contributed by atoms with van der Waals surface area (Å²) >= 11 is 0. The zero-order chi connectivity index (χ0) is 16.1. The maximum Gasteiger partial charge on any atom is 0.315 e. The Balaban J connectivity index is 1.86. The lowest BCUT2D eigenvalue weighted by Gasteiger charge is -2.17. The number of nitrogens with zero attached hydrogens (tertiary/aromatic N) is 1. The second kappa shape index (κ2) is 7.24. The summed E-state index contributed by atoms with van der Waals surface area (Å²) in [6.45, 7) is 5.15. The number of halogens is 1. The van der Waals surface area contributed by atoms with E-state index in [-0.39, 0.29) is 30.2 Å². The van der Waals surface area contributed by atoms with Crippen LogP contribution in [0.2, 0.25) is 0 Å². The zero-order valence-corrected chi connectivity index (χ0v) is 12.9. The zero-order valence-electron chi connectivity index (χ0n) is 12.9. The third-order valence-corrected chi connectivity index (χ3v) is 3.59. The second-order valence-corrected chi connectivity index (χ2v) is 5.97. The Morgan fingerprint density at radius 2 is 2.23 bits per heavy atom. The number of nitrogens with one attached hydrogen (secondary N) is 2. The highest BCUT2D eigenvalue weighted by Crippen LogP contribution is 2.22. The quantitative estimate of drug-likeness (QED) is 0.876. The van der Waals surface area contributed by atoms with E-state index < -0.39 is 0 Å². The molecule has 0 aromatic heterocycles. The molecule has 1 saturated heterocycles. The topological polar surface area (TPSA) is 61.4 Å². The van der Waals surface area contributed by atoms with E-state index in [0.29, 0.717) is 24.7 Å². The van der Waals surface area contributed by atoms with Crippen LogP contribution < -0.4 is 15.5 Å². The predicted molar refractivity (Wildman–Crippen MR) is 83.1 cm³/mol. The van der Waals surface area contributed by atoms with Gasteiger partial charge in [-0.05, 0) is 30.5 Å². The maximum atomic E-state index is 13.2. The standard InChI is InChI=1S/C16H22FN3O2/c1-11(2)6-7-18-16(22)19-13-9-15(21)20(10-13)14-5-3-4-12(17)8-14/h3-5,8,11,13H,6-7,9-10H2,1-2H3,(H2,18,19,22)/t13-/m0/s1. The number of rotatable bonds is 5. The first-order valence-electron chi connectivity index (χ1n) is 7.56. The summed E-state index contributed by atoms with van der Waals surface area (Å²) < 4.78 is 13.2. The van der Waals surface area contributed by atoms with Crippen molar-refractivity contribution in [3.8, 4) is 0 Å². The molecule has 0 bridgehead atoms. The van der Waals surface area contributed by atoms with E-state index in [2.05, 4.69) is 24.5 Å². The second-order valence-electron chi connectivity index (χ2n) is 5.97. The summed E-state index contributed by atoms with van der Waals surface area (Å²) in [5.41, 5.74) is 0.523. The Kier molecular flexibility index (Phi) is 5.35. The molecule has 0 radical (unpaired) electrons. The molecule has 6 heteroatoms.